The molecule has 0 bridgehead atoms. The van der Waals surface area contributed by atoms with E-state index in [-0.39, 0.29) is 11.8 Å². The standard InChI is InChI=1S/C16H17N3O2S/c20-15(11-5-7-21-10-11)17-13-4-2-1-3-12(13)14-9-19-6-8-22-16(19)18-14/h1-4,9,11H,5-8,10H2,(H,17,20). The Morgan fingerprint density at radius 1 is 1.41 bits per heavy atom. The van der Waals surface area contributed by atoms with Crippen LogP contribution in [0, 0.1) is 5.92 Å². The molecule has 1 unspecified atom stereocenters. The van der Waals surface area contributed by atoms with Gasteiger partial charge in [-0.1, -0.05) is 30.0 Å². The van der Waals surface area contributed by atoms with Crippen molar-refractivity contribution >= 4 is 23.4 Å². The van der Waals surface area contributed by atoms with Crippen LogP contribution >= 0.6 is 11.8 Å². The largest absolute Gasteiger partial charge is 0.381 e. The van der Waals surface area contributed by atoms with E-state index in [0.29, 0.717) is 13.2 Å². The lowest BCUT2D eigenvalue weighted by atomic mass is 10.1. The number of nitrogens with one attached hydrogen (secondary N) is 1. The molecule has 5 nitrogen and oxygen atoms in total. The maximum atomic E-state index is 12.3. The van der Waals surface area contributed by atoms with Gasteiger partial charge in [0.1, 0.15) is 0 Å². The van der Waals surface area contributed by atoms with Gasteiger partial charge in [-0.25, -0.2) is 4.98 Å². The summed E-state index contributed by atoms with van der Waals surface area (Å²) in [5.41, 5.74) is 2.71. The molecule has 1 N–H and O–H groups in total. The van der Waals surface area contributed by atoms with Crippen LogP contribution in [0.15, 0.2) is 35.6 Å². The number of para-hydroxylation sites is 1. The van der Waals surface area contributed by atoms with Crippen molar-refractivity contribution in [2.75, 3.05) is 24.3 Å². The monoisotopic (exact) mass is 315 g/mol. The quantitative estimate of drug-likeness (QED) is 0.946. The number of amides is 1. The van der Waals surface area contributed by atoms with Crippen LogP contribution in [-0.2, 0) is 16.1 Å². The van der Waals surface area contributed by atoms with Crippen LogP contribution in [0.25, 0.3) is 11.3 Å². The second-order valence-corrected chi connectivity index (χ2v) is 6.61. The van der Waals surface area contributed by atoms with Gasteiger partial charge in [-0.15, -0.1) is 0 Å². The molecular weight excluding hydrogens is 298 g/mol. The van der Waals surface area contributed by atoms with Crippen molar-refractivity contribution in [3.8, 4) is 11.3 Å². The van der Waals surface area contributed by atoms with Gasteiger partial charge in [0.15, 0.2) is 5.16 Å². The molecule has 2 aromatic rings. The summed E-state index contributed by atoms with van der Waals surface area (Å²) in [7, 11) is 0. The minimum absolute atomic E-state index is 0.0334. The van der Waals surface area contributed by atoms with Crippen LogP contribution in [0.5, 0.6) is 0 Å². The minimum atomic E-state index is -0.0457. The number of ether oxygens (including phenoxy) is 1. The number of benzene rings is 1. The molecule has 1 aromatic heterocycles. The number of nitrogens with zero attached hydrogens (tertiary/aromatic N) is 2. The number of rotatable bonds is 3. The van der Waals surface area contributed by atoms with Gasteiger partial charge in [0.05, 0.1) is 23.9 Å². The topological polar surface area (TPSA) is 56.2 Å². The zero-order chi connectivity index (χ0) is 14.9. The minimum Gasteiger partial charge on any atom is -0.381 e. The second-order valence-electron chi connectivity index (χ2n) is 5.55. The van der Waals surface area contributed by atoms with Crippen molar-refractivity contribution in [2.45, 2.75) is 18.1 Å². The molecule has 0 spiro atoms. The van der Waals surface area contributed by atoms with E-state index >= 15 is 0 Å². The molecule has 1 amide bonds. The Balaban J connectivity index is 1.61. The van der Waals surface area contributed by atoms with Crippen molar-refractivity contribution in [1.82, 2.24) is 9.55 Å². The number of anilines is 1. The van der Waals surface area contributed by atoms with Gasteiger partial charge in [-0.2, -0.15) is 0 Å². The van der Waals surface area contributed by atoms with Crippen LogP contribution in [0.4, 0.5) is 5.69 Å². The zero-order valence-corrected chi connectivity index (χ0v) is 12.9. The zero-order valence-electron chi connectivity index (χ0n) is 12.1. The fourth-order valence-electron chi connectivity index (χ4n) is 2.83. The van der Waals surface area contributed by atoms with Crippen molar-refractivity contribution in [2.24, 2.45) is 5.92 Å². The molecule has 0 saturated carbocycles. The molecule has 1 fully saturated rings. The lowest BCUT2D eigenvalue weighted by Gasteiger charge is -2.12. The van der Waals surface area contributed by atoms with E-state index in [1.807, 2.05) is 24.3 Å². The maximum Gasteiger partial charge on any atom is 0.229 e. The van der Waals surface area contributed by atoms with Gasteiger partial charge < -0.3 is 14.6 Å². The molecule has 114 valence electrons. The number of imidazole rings is 1. The van der Waals surface area contributed by atoms with E-state index in [1.165, 1.54) is 0 Å². The molecular formula is C16H17N3O2S. The Bertz CT molecular complexity index is 686. The highest BCUT2D eigenvalue weighted by atomic mass is 32.2. The highest BCUT2D eigenvalue weighted by molar-refractivity contribution is 7.99. The first kappa shape index (κ1) is 13.8. The number of thioether (sulfide) groups is 1. The normalized spacial score (nSPS) is 20.1. The van der Waals surface area contributed by atoms with Crippen molar-refractivity contribution in [3.63, 3.8) is 0 Å². The third-order valence-corrected chi connectivity index (χ3v) is 5.04. The van der Waals surface area contributed by atoms with Gasteiger partial charge >= 0.3 is 0 Å². The molecule has 0 aliphatic carbocycles. The lowest BCUT2D eigenvalue weighted by molar-refractivity contribution is -0.119. The van der Waals surface area contributed by atoms with Crippen LogP contribution < -0.4 is 5.32 Å². The first-order valence-electron chi connectivity index (χ1n) is 7.49. The smallest absolute Gasteiger partial charge is 0.229 e. The molecule has 22 heavy (non-hydrogen) atoms. The average molecular weight is 315 g/mol. The van der Waals surface area contributed by atoms with Gasteiger partial charge in [0.25, 0.3) is 0 Å². The van der Waals surface area contributed by atoms with Gasteiger partial charge in [0, 0.05) is 30.7 Å². The summed E-state index contributed by atoms with van der Waals surface area (Å²) in [6, 6.07) is 7.84. The van der Waals surface area contributed by atoms with Gasteiger partial charge in [0.2, 0.25) is 5.91 Å². The molecule has 3 heterocycles. The number of fused-ring (bicyclic) bond motifs is 1. The molecule has 6 heteroatoms. The summed E-state index contributed by atoms with van der Waals surface area (Å²) in [4.78, 5) is 17.0. The fraction of sp³-hybridized carbons (Fsp3) is 0.375. The van der Waals surface area contributed by atoms with Crippen LogP contribution in [-0.4, -0.2) is 34.4 Å². The summed E-state index contributed by atoms with van der Waals surface area (Å²) >= 11 is 1.77. The van der Waals surface area contributed by atoms with E-state index in [9.17, 15) is 4.79 Å². The lowest BCUT2D eigenvalue weighted by Crippen LogP contribution is -2.23. The third kappa shape index (κ3) is 2.53. The fourth-order valence-corrected chi connectivity index (χ4v) is 3.77. The predicted octanol–water partition coefficient (Wildman–Crippen LogP) is 2.63. The Labute approximate surface area is 133 Å². The first-order valence-corrected chi connectivity index (χ1v) is 8.48. The van der Waals surface area contributed by atoms with E-state index < -0.39 is 0 Å². The molecule has 1 saturated heterocycles. The third-order valence-electron chi connectivity index (χ3n) is 4.06. The Kier molecular flexibility index (Phi) is 3.63. The van der Waals surface area contributed by atoms with Crippen molar-refractivity contribution in [1.29, 1.82) is 0 Å². The highest BCUT2D eigenvalue weighted by Gasteiger charge is 2.24. The second kappa shape index (κ2) is 5.78. The number of aromatic nitrogens is 2. The molecule has 0 radical (unpaired) electrons. The van der Waals surface area contributed by atoms with E-state index in [4.69, 9.17) is 4.74 Å². The van der Waals surface area contributed by atoms with Crippen LogP contribution in [0.2, 0.25) is 0 Å². The number of aryl methyl sites for hydroxylation is 1. The highest BCUT2D eigenvalue weighted by Crippen LogP contribution is 2.32. The van der Waals surface area contributed by atoms with E-state index in [1.54, 1.807) is 11.8 Å². The Morgan fingerprint density at radius 3 is 3.14 bits per heavy atom. The summed E-state index contributed by atoms with van der Waals surface area (Å²) in [5.74, 6) is 1.07. The number of hydrogen-bond donors (Lipinski definition) is 1. The van der Waals surface area contributed by atoms with Crippen LogP contribution in [0.1, 0.15) is 6.42 Å². The van der Waals surface area contributed by atoms with E-state index in [2.05, 4.69) is 21.1 Å². The van der Waals surface area contributed by atoms with Crippen molar-refractivity contribution < 1.29 is 9.53 Å². The maximum absolute atomic E-state index is 12.3. The summed E-state index contributed by atoms with van der Waals surface area (Å²) < 4.78 is 7.46. The Morgan fingerprint density at radius 2 is 2.32 bits per heavy atom. The molecule has 2 aliphatic rings. The first-order chi connectivity index (χ1) is 10.8. The summed E-state index contributed by atoms with van der Waals surface area (Å²) in [6.45, 7) is 2.19. The number of carbonyl (C=O) groups is 1. The predicted molar refractivity (Wildman–Crippen MR) is 85.9 cm³/mol. The summed E-state index contributed by atoms with van der Waals surface area (Å²) in [5, 5.41) is 4.10. The number of hydrogen-bond acceptors (Lipinski definition) is 4. The van der Waals surface area contributed by atoms with Crippen molar-refractivity contribution in [3.05, 3.63) is 30.5 Å². The SMILES string of the molecule is O=C(Nc1ccccc1-c1cn2c(n1)SCC2)C1CCOC1. The molecule has 2 aliphatic heterocycles. The molecule has 4 rings (SSSR count). The van der Waals surface area contributed by atoms with Gasteiger partial charge in [-0.05, 0) is 12.5 Å². The summed E-state index contributed by atoms with van der Waals surface area (Å²) in [6.07, 6.45) is 2.86. The van der Waals surface area contributed by atoms with E-state index in [0.717, 1.165) is 40.8 Å². The molecule has 1 atom stereocenters. The Hall–Kier alpha value is -1.79. The van der Waals surface area contributed by atoms with Crippen LogP contribution in [0.3, 0.4) is 0 Å². The average Bonchev–Trinajstić information content (AvgIpc) is 3.24. The van der Waals surface area contributed by atoms with Gasteiger partial charge in [-0.3, -0.25) is 4.79 Å². The molecule has 1 aromatic carbocycles. The number of carbonyl (C=O) groups excluding carboxylic acids is 1.